The number of piperidine rings is 1. The van der Waals surface area contributed by atoms with Crippen molar-refractivity contribution in [1.29, 1.82) is 0 Å². The van der Waals surface area contributed by atoms with E-state index in [-0.39, 0.29) is 18.4 Å². The molecule has 1 saturated carbocycles. The minimum Gasteiger partial charge on any atom is -0.497 e. The highest BCUT2D eigenvalue weighted by Crippen LogP contribution is 2.35. The molecule has 35 heavy (non-hydrogen) atoms. The highest BCUT2D eigenvalue weighted by molar-refractivity contribution is 7.99. The zero-order valence-corrected chi connectivity index (χ0v) is 22.1. The first-order valence-corrected chi connectivity index (χ1v) is 14.3. The van der Waals surface area contributed by atoms with Crippen molar-refractivity contribution >= 4 is 28.6 Å². The van der Waals surface area contributed by atoms with Crippen LogP contribution in [0.25, 0.3) is 10.9 Å². The van der Waals surface area contributed by atoms with Crippen LogP contribution in [-0.2, 0) is 4.79 Å². The molecule has 6 nitrogen and oxygen atoms in total. The average molecular weight is 500 g/mol. The predicted octanol–water partition coefficient (Wildman–Crippen LogP) is 5.37. The third-order valence-corrected chi connectivity index (χ3v) is 9.37. The van der Waals surface area contributed by atoms with E-state index in [0.717, 1.165) is 60.8 Å². The molecule has 4 rings (SSSR count). The lowest BCUT2D eigenvalue weighted by atomic mass is 9.79. The van der Waals surface area contributed by atoms with Gasteiger partial charge in [-0.3, -0.25) is 9.78 Å². The maximum absolute atomic E-state index is 11.7. The minimum atomic E-state index is -0.667. The van der Waals surface area contributed by atoms with E-state index in [1.807, 2.05) is 25.4 Å². The summed E-state index contributed by atoms with van der Waals surface area (Å²) >= 11 is 2.13. The van der Waals surface area contributed by atoms with Gasteiger partial charge in [0.25, 0.3) is 0 Å². The summed E-state index contributed by atoms with van der Waals surface area (Å²) in [7, 11) is 3.70. The quantitative estimate of drug-likeness (QED) is 0.406. The number of likely N-dealkylation sites (tertiary alicyclic amines) is 1. The van der Waals surface area contributed by atoms with Gasteiger partial charge in [-0.25, -0.2) is 0 Å². The first-order valence-electron chi connectivity index (χ1n) is 13.2. The van der Waals surface area contributed by atoms with Gasteiger partial charge in [0.05, 0.1) is 12.6 Å². The lowest BCUT2D eigenvalue weighted by Gasteiger charge is -2.39. The number of aliphatic carboxylic acids is 1. The predicted molar refractivity (Wildman–Crippen MR) is 144 cm³/mol. The van der Waals surface area contributed by atoms with Gasteiger partial charge in [-0.15, -0.1) is 0 Å². The lowest BCUT2D eigenvalue weighted by molar-refractivity contribution is -0.139. The Morgan fingerprint density at radius 1 is 1.26 bits per heavy atom. The van der Waals surface area contributed by atoms with E-state index < -0.39 is 5.97 Å². The lowest BCUT2D eigenvalue weighted by Crippen LogP contribution is -2.42. The second kappa shape index (κ2) is 12.9. The summed E-state index contributed by atoms with van der Waals surface area (Å²) in [6.45, 7) is 3.10. The number of hydrogen-bond acceptors (Lipinski definition) is 6. The Bertz CT molecular complexity index is 966. The maximum Gasteiger partial charge on any atom is 0.303 e. The standard InChI is InChI=1S/C28H41N3O3S/c1-29-26(24-11-13-30-27-10-8-22(34-2)18-25(24)27)9-7-20-12-14-31(19-21(20)17-28(32)33)15-16-35-23-5-3-4-6-23/h8,10-11,13,18,20-21,23,26,29H,3-7,9,12,14-17,19H2,1-2H3,(H,32,33)/t20-,21+,26?/m1/s1. The van der Waals surface area contributed by atoms with Crippen molar-refractivity contribution in [2.24, 2.45) is 11.8 Å². The van der Waals surface area contributed by atoms with Crippen molar-refractivity contribution in [2.75, 3.05) is 39.5 Å². The zero-order valence-electron chi connectivity index (χ0n) is 21.2. The molecule has 2 aromatic rings. The molecular formula is C28H41N3O3S. The smallest absolute Gasteiger partial charge is 0.303 e. The van der Waals surface area contributed by atoms with Crippen LogP contribution in [0.5, 0.6) is 5.75 Å². The Morgan fingerprint density at radius 2 is 2.09 bits per heavy atom. The largest absolute Gasteiger partial charge is 0.497 e. The fourth-order valence-corrected chi connectivity index (χ4v) is 7.38. The molecule has 2 fully saturated rings. The number of benzene rings is 1. The second-order valence-corrected chi connectivity index (χ2v) is 11.6. The number of pyridine rings is 1. The van der Waals surface area contributed by atoms with Gasteiger partial charge in [0.1, 0.15) is 5.75 Å². The van der Waals surface area contributed by atoms with Gasteiger partial charge in [0.15, 0.2) is 0 Å². The van der Waals surface area contributed by atoms with Gasteiger partial charge in [-0.05, 0) is 87.4 Å². The summed E-state index contributed by atoms with van der Waals surface area (Å²) in [6.07, 6.45) is 10.8. The molecule has 1 aromatic heterocycles. The van der Waals surface area contributed by atoms with Crippen LogP contribution in [0, 0.1) is 11.8 Å². The van der Waals surface area contributed by atoms with E-state index >= 15 is 0 Å². The van der Waals surface area contributed by atoms with Crippen LogP contribution in [-0.4, -0.2) is 65.8 Å². The third kappa shape index (κ3) is 7.11. The van der Waals surface area contributed by atoms with Crippen LogP contribution in [0.4, 0.5) is 0 Å². The van der Waals surface area contributed by atoms with Crippen LogP contribution in [0.3, 0.4) is 0 Å². The topological polar surface area (TPSA) is 74.7 Å². The number of thioether (sulfide) groups is 1. The van der Waals surface area contributed by atoms with Crippen molar-refractivity contribution < 1.29 is 14.6 Å². The summed E-state index contributed by atoms with van der Waals surface area (Å²) in [4.78, 5) is 18.7. The van der Waals surface area contributed by atoms with Crippen LogP contribution in [0.2, 0.25) is 0 Å². The Labute approximate surface area is 214 Å². The summed E-state index contributed by atoms with van der Waals surface area (Å²) < 4.78 is 5.45. The molecule has 3 atom stereocenters. The van der Waals surface area contributed by atoms with Crippen LogP contribution >= 0.6 is 11.8 Å². The Balaban J connectivity index is 1.37. The Hall–Kier alpha value is -1.83. The Kier molecular flexibility index (Phi) is 9.69. The first-order chi connectivity index (χ1) is 17.1. The molecule has 7 heteroatoms. The Morgan fingerprint density at radius 3 is 2.83 bits per heavy atom. The number of nitrogens with zero attached hydrogens (tertiary/aromatic N) is 2. The summed E-state index contributed by atoms with van der Waals surface area (Å²) in [6, 6.07) is 8.32. The SMILES string of the molecule is CNC(CC[C@@H]1CCN(CCSC2CCCC2)C[C@@H]1CC(=O)O)c1ccnc2ccc(OC)cc12. The van der Waals surface area contributed by atoms with Gasteiger partial charge >= 0.3 is 5.97 Å². The summed E-state index contributed by atoms with van der Waals surface area (Å²) in [5.74, 6) is 2.02. The summed E-state index contributed by atoms with van der Waals surface area (Å²) in [5, 5.41) is 15.1. The fraction of sp³-hybridized carbons (Fsp3) is 0.643. The van der Waals surface area contributed by atoms with Crippen LogP contribution in [0.1, 0.15) is 63.0 Å². The van der Waals surface area contributed by atoms with Crippen LogP contribution < -0.4 is 10.1 Å². The number of nitrogens with one attached hydrogen (secondary N) is 1. The molecule has 0 spiro atoms. The normalized spacial score (nSPS) is 22.5. The van der Waals surface area contributed by atoms with E-state index in [1.54, 1.807) is 7.11 Å². The number of methoxy groups -OCH3 is 1. The second-order valence-electron chi connectivity index (χ2n) is 10.2. The number of carboxylic acid groups (broad SMARTS) is 1. The minimum absolute atomic E-state index is 0.193. The van der Waals surface area contributed by atoms with Gasteiger partial charge < -0.3 is 20.1 Å². The molecular weight excluding hydrogens is 458 g/mol. The van der Waals surface area contributed by atoms with E-state index in [1.165, 1.54) is 37.0 Å². The number of rotatable bonds is 12. The van der Waals surface area contributed by atoms with Crippen molar-refractivity contribution in [2.45, 2.75) is 62.7 Å². The van der Waals surface area contributed by atoms with E-state index in [2.05, 4.69) is 39.1 Å². The molecule has 1 aliphatic carbocycles. The molecule has 1 aromatic carbocycles. The monoisotopic (exact) mass is 499 g/mol. The number of hydrogen-bond donors (Lipinski definition) is 2. The molecule has 0 radical (unpaired) electrons. The van der Waals surface area contributed by atoms with Gasteiger partial charge in [-0.2, -0.15) is 11.8 Å². The molecule has 1 saturated heterocycles. The molecule has 2 heterocycles. The number of fused-ring (bicyclic) bond motifs is 1. The number of carbonyl (C=O) groups is 1. The summed E-state index contributed by atoms with van der Waals surface area (Å²) in [5.41, 5.74) is 2.20. The highest BCUT2D eigenvalue weighted by Gasteiger charge is 2.31. The first kappa shape index (κ1) is 26.2. The third-order valence-electron chi connectivity index (χ3n) is 8.01. The number of ether oxygens (including phenoxy) is 1. The number of aromatic nitrogens is 1. The number of carboxylic acids is 1. The van der Waals surface area contributed by atoms with Gasteiger partial charge in [-0.1, -0.05) is 12.8 Å². The van der Waals surface area contributed by atoms with E-state index in [0.29, 0.717) is 5.92 Å². The van der Waals surface area contributed by atoms with E-state index in [4.69, 9.17) is 4.74 Å². The van der Waals surface area contributed by atoms with Gasteiger partial charge in [0, 0.05) is 48.1 Å². The van der Waals surface area contributed by atoms with Crippen molar-refractivity contribution in [3.63, 3.8) is 0 Å². The average Bonchev–Trinajstić information content (AvgIpc) is 3.38. The van der Waals surface area contributed by atoms with E-state index in [9.17, 15) is 9.90 Å². The molecule has 0 bridgehead atoms. The molecule has 1 unspecified atom stereocenters. The molecule has 2 N–H and O–H groups in total. The van der Waals surface area contributed by atoms with Crippen molar-refractivity contribution in [1.82, 2.24) is 15.2 Å². The molecule has 0 amide bonds. The van der Waals surface area contributed by atoms with Crippen LogP contribution in [0.15, 0.2) is 30.5 Å². The molecule has 2 aliphatic rings. The van der Waals surface area contributed by atoms with Crippen molar-refractivity contribution in [3.05, 3.63) is 36.0 Å². The highest BCUT2D eigenvalue weighted by atomic mass is 32.2. The fourth-order valence-electron chi connectivity index (χ4n) is 6.01. The maximum atomic E-state index is 11.7. The molecule has 1 aliphatic heterocycles. The van der Waals surface area contributed by atoms with Gasteiger partial charge in [0.2, 0.25) is 0 Å². The zero-order chi connectivity index (χ0) is 24.6. The van der Waals surface area contributed by atoms with Crippen molar-refractivity contribution in [3.8, 4) is 5.75 Å². The molecule has 192 valence electrons.